The molecule has 2 aromatic heterocycles. The zero-order valence-electron chi connectivity index (χ0n) is 20.3. The van der Waals surface area contributed by atoms with E-state index in [1.165, 1.54) is 11.3 Å². The Morgan fingerprint density at radius 1 is 1.25 bits per heavy atom. The number of aromatic nitrogens is 2. The number of hydrogen-bond acceptors (Lipinski definition) is 5. The molecule has 1 aliphatic heterocycles. The van der Waals surface area contributed by atoms with Crippen LogP contribution in [0.25, 0.3) is 0 Å². The van der Waals surface area contributed by atoms with Gasteiger partial charge in [-0.25, -0.2) is 0 Å². The minimum absolute atomic E-state index is 0.00131. The lowest BCUT2D eigenvalue weighted by atomic mass is 9.95. The van der Waals surface area contributed by atoms with Gasteiger partial charge in [0.05, 0.1) is 29.5 Å². The third-order valence-corrected chi connectivity index (χ3v) is 7.17. The third kappa shape index (κ3) is 6.41. The van der Waals surface area contributed by atoms with Crippen LogP contribution in [-0.2, 0) is 29.5 Å². The number of amides is 1. The van der Waals surface area contributed by atoms with E-state index in [0.29, 0.717) is 23.6 Å². The molecule has 1 amide bonds. The zero-order valence-corrected chi connectivity index (χ0v) is 21.2. The number of thiazole rings is 1. The van der Waals surface area contributed by atoms with E-state index in [2.05, 4.69) is 30.7 Å². The average molecular weight is 520 g/mol. The van der Waals surface area contributed by atoms with Crippen LogP contribution in [0.1, 0.15) is 60.1 Å². The largest absolute Gasteiger partial charge is 0.486 e. The molecule has 0 aliphatic carbocycles. The molecule has 0 spiro atoms. The summed E-state index contributed by atoms with van der Waals surface area (Å²) in [7, 11) is 0. The van der Waals surface area contributed by atoms with Crippen LogP contribution in [0.15, 0.2) is 53.8 Å². The average Bonchev–Trinajstić information content (AvgIpc) is 3.48. The number of rotatable bonds is 6. The summed E-state index contributed by atoms with van der Waals surface area (Å²) in [5, 5.41) is 0. The van der Waals surface area contributed by atoms with E-state index >= 15 is 0 Å². The van der Waals surface area contributed by atoms with Gasteiger partial charge in [-0.1, -0.05) is 26.8 Å². The molecular weight excluding hydrogens is 491 g/mol. The molecule has 1 aromatic carbocycles. The summed E-state index contributed by atoms with van der Waals surface area (Å²) in [5.41, 5.74) is -0.808. The zero-order chi connectivity index (χ0) is 25.9. The molecule has 0 N–H and O–H groups in total. The fourth-order valence-corrected chi connectivity index (χ4v) is 4.79. The minimum atomic E-state index is -4.61. The first-order valence-corrected chi connectivity index (χ1v) is 12.5. The van der Waals surface area contributed by atoms with Crippen molar-refractivity contribution in [2.45, 2.75) is 64.5 Å². The maximum absolute atomic E-state index is 13.5. The summed E-state index contributed by atoms with van der Waals surface area (Å²) < 4.78 is 53.7. The Balaban J connectivity index is 1.72. The van der Waals surface area contributed by atoms with Gasteiger partial charge in [0.1, 0.15) is 12.4 Å². The number of ether oxygens (including phenoxy) is 2. The van der Waals surface area contributed by atoms with Crippen molar-refractivity contribution in [1.82, 2.24) is 9.55 Å². The van der Waals surface area contributed by atoms with E-state index in [-0.39, 0.29) is 29.4 Å². The predicted octanol–water partition coefficient (Wildman–Crippen LogP) is 5.76. The van der Waals surface area contributed by atoms with Crippen LogP contribution in [0, 0.1) is 0 Å². The Labute approximate surface area is 211 Å². The van der Waals surface area contributed by atoms with Gasteiger partial charge in [-0.2, -0.15) is 18.2 Å². The van der Waals surface area contributed by atoms with Gasteiger partial charge in [-0.3, -0.25) is 9.78 Å². The van der Waals surface area contributed by atoms with E-state index in [0.717, 1.165) is 35.9 Å². The highest BCUT2D eigenvalue weighted by atomic mass is 32.1. The van der Waals surface area contributed by atoms with Crippen LogP contribution in [0.4, 0.5) is 13.2 Å². The van der Waals surface area contributed by atoms with Gasteiger partial charge in [-0.15, -0.1) is 11.3 Å². The molecule has 0 saturated carbocycles. The molecule has 4 rings (SSSR count). The molecule has 3 aromatic rings. The number of nitrogens with zero attached hydrogens (tertiary/aromatic N) is 3. The number of hydrogen-bond donors (Lipinski definition) is 0. The molecule has 1 saturated heterocycles. The first-order chi connectivity index (χ1) is 17.0. The quantitative estimate of drug-likeness (QED) is 0.415. The standard InChI is InChI=1S/C26H28F3N3O3S/c1-25(2,3)22-15-32(14-19-8-6-12-34-19)24(36-22)31-23(33)20-13-17(26(27,28)29)9-10-21(20)35-16-18-7-4-5-11-30-18/h4-5,7,9-11,13,15,19H,6,8,12,14,16H2,1-3H3/b31-24-/t19-/m1/s1. The first-order valence-electron chi connectivity index (χ1n) is 11.7. The second kappa shape index (κ2) is 10.6. The lowest BCUT2D eigenvalue weighted by molar-refractivity contribution is -0.137. The van der Waals surface area contributed by atoms with Gasteiger partial charge in [0, 0.05) is 23.9 Å². The van der Waals surface area contributed by atoms with Crippen molar-refractivity contribution in [2.24, 2.45) is 4.99 Å². The smallest absolute Gasteiger partial charge is 0.416 e. The van der Waals surface area contributed by atoms with Crippen LogP contribution in [-0.4, -0.2) is 28.2 Å². The van der Waals surface area contributed by atoms with Gasteiger partial charge in [0.25, 0.3) is 5.91 Å². The van der Waals surface area contributed by atoms with Gasteiger partial charge < -0.3 is 14.0 Å². The summed E-state index contributed by atoms with van der Waals surface area (Å²) in [6.07, 6.45) is 0.796. The van der Waals surface area contributed by atoms with Gasteiger partial charge in [0.2, 0.25) is 0 Å². The predicted molar refractivity (Wildman–Crippen MR) is 130 cm³/mol. The molecule has 3 heterocycles. The normalized spacial score (nSPS) is 16.9. The molecule has 0 bridgehead atoms. The maximum Gasteiger partial charge on any atom is 0.416 e. The fourth-order valence-electron chi connectivity index (χ4n) is 3.73. The van der Waals surface area contributed by atoms with Gasteiger partial charge >= 0.3 is 6.18 Å². The number of carbonyl (C=O) groups excluding carboxylic acids is 1. The monoisotopic (exact) mass is 519 g/mol. The molecular formula is C26H28F3N3O3S. The van der Waals surface area contributed by atoms with E-state index in [4.69, 9.17) is 9.47 Å². The second-order valence-corrected chi connectivity index (χ2v) is 10.7. The Kier molecular flexibility index (Phi) is 7.65. The Morgan fingerprint density at radius 2 is 2.06 bits per heavy atom. The Hall–Kier alpha value is -2.98. The highest BCUT2D eigenvalue weighted by molar-refractivity contribution is 7.09. The molecule has 1 aliphatic rings. The summed E-state index contributed by atoms with van der Waals surface area (Å²) in [6, 6.07) is 8.09. The van der Waals surface area contributed by atoms with E-state index < -0.39 is 17.6 Å². The van der Waals surface area contributed by atoms with Crippen molar-refractivity contribution in [1.29, 1.82) is 0 Å². The molecule has 1 atom stereocenters. The Morgan fingerprint density at radius 3 is 2.69 bits per heavy atom. The van der Waals surface area contributed by atoms with Crippen LogP contribution >= 0.6 is 11.3 Å². The molecule has 6 nitrogen and oxygen atoms in total. The topological polar surface area (TPSA) is 65.7 Å². The number of carbonyl (C=O) groups is 1. The Bertz CT molecular complexity index is 1270. The van der Waals surface area contributed by atoms with Crippen LogP contribution in [0.3, 0.4) is 0 Å². The van der Waals surface area contributed by atoms with Crippen molar-refractivity contribution >= 4 is 17.2 Å². The maximum atomic E-state index is 13.5. The molecule has 192 valence electrons. The summed E-state index contributed by atoms with van der Waals surface area (Å²) in [5.74, 6) is -0.791. The van der Waals surface area contributed by atoms with Crippen molar-refractivity contribution in [2.75, 3.05) is 6.61 Å². The van der Waals surface area contributed by atoms with E-state index in [9.17, 15) is 18.0 Å². The lowest BCUT2D eigenvalue weighted by Crippen LogP contribution is -2.23. The number of halogens is 3. The molecule has 1 fully saturated rings. The van der Waals surface area contributed by atoms with Gasteiger partial charge in [0.15, 0.2) is 4.80 Å². The molecule has 0 unspecified atom stereocenters. The molecule has 36 heavy (non-hydrogen) atoms. The van der Waals surface area contributed by atoms with Crippen molar-refractivity contribution in [3.63, 3.8) is 0 Å². The second-order valence-electron chi connectivity index (χ2n) is 9.65. The third-order valence-electron chi connectivity index (χ3n) is 5.72. The number of pyridine rings is 1. The lowest BCUT2D eigenvalue weighted by Gasteiger charge is -2.15. The highest BCUT2D eigenvalue weighted by Gasteiger charge is 2.32. The minimum Gasteiger partial charge on any atom is -0.486 e. The van der Waals surface area contributed by atoms with Crippen LogP contribution in [0.2, 0.25) is 0 Å². The SMILES string of the molecule is CC(C)(C)c1cn(C[C@H]2CCCO2)/c(=N/C(=O)c2cc(C(F)(F)F)ccc2OCc2ccccn2)s1. The van der Waals surface area contributed by atoms with Crippen LogP contribution in [0.5, 0.6) is 5.75 Å². The van der Waals surface area contributed by atoms with E-state index in [1.54, 1.807) is 24.4 Å². The molecule has 10 heteroatoms. The van der Waals surface area contributed by atoms with Crippen molar-refractivity contribution < 1.29 is 27.4 Å². The highest BCUT2D eigenvalue weighted by Crippen LogP contribution is 2.33. The van der Waals surface area contributed by atoms with Crippen LogP contribution < -0.4 is 9.54 Å². The molecule has 0 radical (unpaired) electrons. The summed E-state index contributed by atoms with van der Waals surface area (Å²) in [6.45, 7) is 7.36. The van der Waals surface area contributed by atoms with E-state index in [1.807, 2.05) is 10.8 Å². The van der Waals surface area contributed by atoms with Crippen molar-refractivity contribution in [3.05, 3.63) is 75.3 Å². The van der Waals surface area contributed by atoms with Crippen molar-refractivity contribution in [3.8, 4) is 5.75 Å². The number of benzene rings is 1. The summed E-state index contributed by atoms with van der Waals surface area (Å²) >= 11 is 1.35. The first kappa shape index (κ1) is 26.1. The fraction of sp³-hybridized carbons (Fsp3) is 0.423. The van der Waals surface area contributed by atoms with Gasteiger partial charge in [-0.05, 0) is 48.6 Å². The number of alkyl halides is 3. The summed E-state index contributed by atoms with van der Waals surface area (Å²) in [4.78, 5) is 23.1.